The summed E-state index contributed by atoms with van der Waals surface area (Å²) < 4.78 is 16.7. The summed E-state index contributed by atoms with van der Waals surface area (Å²) in [4.78, 5) is 31.5. The van der Waals surface area contributed by atoms with Gasteiger partial charge < -0.3 is 18.8 Å². The lowest BCUT2D eigenvalue weighted by molar-refractivity contribution is -0.150. The fourth-order valence-corrected chi connectivity index (χ4v) is 5.69. The number of carbonyl (C=O) groups excluding carboxylic acids is 2. The highest BCUT2D eigenvalue weighted by atomic mass is 16.5. The Hall–Kier alpha value is -3.32. The summed E-state index contributed by atoms with van der Waals surface area (Å²) in [6.45, 7) is 8.76. The van der Waals surface area contributed by atoms with Crippen LogP contribution < -0.4 is 4.74 Å². The second-order valence-electron chi connectivity index (χ2n) is 10.3. The summed E-state index contributed by atoms with van der Waals surface area (Å²) in [6.07, 6.45) is 5.72. The van der Waals surface area contributed by atoms with Gasteiger partial charge >= 0.3 is 5.97 Å². The predicted molar refractivity (Wildman–Crippen MR) is 153 cm³/mol. The summed E-state index contributed by atoms with van der Waals surface area (Å²) in [6, 6.07) is 15.6. The minimum Gasteiger partial charge on any atom is -0.497 e. The van der Waals surface area contributed by atoms with Crippen molar-refractivity contribution < 1.29 is 23.5 Å². The number of ether oxygens (including phenoxy) is 2. The number of likely N-dealkylation sites (tertiary alicyclic amines) is 1. The molecule has 0 saturated carbocycles. The van der Waals surface area contributed by atoms with Crippen LogP contribution in [0.15, 0.2) is 59.2 Å². The van der Waals surface area contributed by atoms with Gasteiger partial charge in [0.25, 0.3) is 0 Å². The van der Waals surface area contributed by atoms with Crippen molar-refractivity contribution in [2.24, 2.45) is 5.92 Å². The van der Waals surface area contributed by atoms with Crippen molar-refractivity contribution in [2.75, 3.05) is 39.9 Å². The molecule has 0 bridgehead atoms. The number of hydrogen-bond donors (Lipinski definition) is 0. The molecule has 39 heavy (non-hydrogen) atoms. The van der Waals surface area contributed by atoms with Gasteiger partial charge in [0.1, 0.15) is 11.3 Å². The Morgan fingerprint density at radius 3 is 2.31 bits per heavy atom. The normalized spacial score (nSPS) is 19.3. The van der Waals surface area contributed by atoms with Crippen molar-refractivity contribution in [3.05, 3.63) is 65.9 Å². The third kappa shape index (κ3) is 6.64. The topological polar surface area (TPSA) is 72.2 Å². The van der Waals surface area contributed by atoms with E-state index in [4.69, 9.17) is 13.9 Å². The Morgan fingerprint density at radius 2 is 1.67 bits per heavy atom. The molecule has 1 fully saturated rings. The first-order chi connectivity index (χ1) is 19.0. The minimum atomic E-state index is -0.474. The van der Waals surface area contributed by atoms with Crippen LogP contribution in [-0.4, -0.2) is 61.6 Å². The SMILES string of the molecule is CCCCN(CCCC)C(=O)CN1C[C@H](c2ccc3ccoc3c2)[C@@H](C(=O)OCC)[C@@H]1c1ccc(OC)cc1. The molecule has 0 radical (unpaired) electrons. The minimum absolute atomic E-state index is 0.111. The summed E-state index contributed by atoms with van der Waals surface area (Å²) in [5.74, 6) is -0.0135. The van der Waals surface area contributed by atoms with Gasteiger partial charge in [-0.05, 0) is 55.2 Å². The maximum Gasteiger partial charge on any atom is 0.311 e. The van der Waals surface area contributed by atoms with Gasteiger partial charge in [-0.15, -0.1) is 0 Å². The fourth-order valence-electron chi connectivity index (χ4n) is 5.69. The third-order valence-corrected chi connectivity index (χ3v) is 7.78. The van der Waals surface area contributed by atoms with E-state index in [1.165, 1.54) is 0 Å². The van der Waals surface area contributed by atoms with Crippen LogP contribution in [0.1, 0.15) is 69.5 Å². The molecular weight excluding hydrogens is 492 g/mol. The molecule has 0 unspecified atom stereocenters. The molecule has 210 valence electrons. The summed E-state index contributed by atoms with van der Waals surface area (Å²) in [7, 11) is 1.64. The molecule has 1 aromatic heterocycles. The van der Waals surface area contributed by atoms with Gasteiger partial charge in [-0.2, -0.15) is 0 Å². The Kier molecular flexibility index (Phi) is 10.0. The van der Waals surface area contributed by atoms with Gasteiger partial charge in [0.2, 0.25) is 5.91 Å². The monoisotopic (exact) mass is 534 g/mol. The van der Waals surface area contributed by atoms with Crippen molar-refractivity contribution in [1.29, 1.82) is 0 Å². The standard InChI is InChI=1S/C32H42N2O5/c1-5-8-17-33(18-9-6-2)29(35)22-34-21-27(25-11-10-23-16-19-39-28(23)20-25)30(32(36)38-7-3)31(34)24-12-14-26(37-4)15-13-24/h10-16,19-20,27,30-31H,5-9,17-18,21-22H2,1-4H3/t27-,30-,31+/m1/s1. The highest BCUT2D eigenvalue weighted by Crippen LogP contribution is 2.47. The molecule has 1 saturated heterocycles. The van der Waals surface area contributed by atoms with Crippen molar-refractivity contribution >= 4 is 22.8 Å². The van der Waals surface area contributed by atoms with Crippen LogP contribution in [0.2, 0.25) is 0 Å². The lowest BCUT2D eigenvalue weighted by Crippen LogP contribution is -2.42. The molecule has 0 aliphatic carbocycles. The van der Waals surface area contributed by atoms with Gasteiger partial charge in [0.05, 0.1) is 32.4 Å². The van der Waals surface area contributed by atoms with Gasteiger partial charge in [0.15, 0.2) is 0 Å². The number of fused-ring (bicyclic) bond motifs is 1. The Bertz CT molecular complexity index is 1210. The zero-order chi connectivity index (χ0) is 27.8. The van der Waals surface area contributed by atoms with Gasteiger partial charge in [-0.1, -0.05) is 51.0 Å². The number of benzene rings is 2. The van der Waals surface area contributed by atoms with E-state index in [2.05, 4.69) is 24.8 Å². The van der Waals surface area contributed by atoms with Crippen LogP contribution in [0, 0.1) is 5.92 Å². The number of nitrogens with zero attached hydrogens (tertiary/aromatic N) is 2. The van der Waals surface area contributed by atoms with Gasteiger partial charge in [-0.25, -0.2) is 0 Å². The summed E-state index contributed by atoms with van der Waals surface area (Å²) in [5.41, 5.74) is 2.77. The Labute approximate surface area is 232 Å². The van der Waals surface area contributed by atoms with Crippen LogP contribution >= 0.6 is 0 Å². The van der Waals surface area contributed by atoms with Crippen molar-refractivity contribution in [1.82, 2.24) is 9.80 Å². The van der Waals surface area contributed by atoms with E-state index in [9.17, 15) is 9.59 Å². The van der Waals surface area contributed by atoms with Crippen molar-refractivity contribution in [3.63, 3.8) is 0 Å². The predicted octanol–water partition coefficient (Wildman–Crippen LogP) is 6.19. The number of hydrogen-bond acceptors (Lipinski definition) is 6. The van der Waals surface area contributed by atoms with Crippen LogP contribution in [0.25, 0.3) is 11.0 Å². The van der Waals surface area contributed by atoms with Crippen LogP contribution in [0.4, 0.5) is 0 Å². The maximum absolute atomic E-state index is 13.7. The number of esters is 1. The van der Waals surface area contributed by atoms with Crippen molar-refractivity contribution in [2.45, 2.75) is 58.4 Å². The van der Waals surface area contributed by atoms with Gasteiger partial charge in [0, 0.05) is 37.0 Å². The lowest BCUT2D eigenvalue weighted by Gasteiger charge is -2.30. The Morgan fingerprint density at radius 1 is 0.974 bits per heavy atom. The van der Waals surface area contributed by atoms with E-state index in [-0.39, 0.29) is 30.4 Å². The maximum atomic E-state index is 13.7. The molecule has 3 atom stereocenters. The first-order valence-electron chi connectivity index (χ1n) is 14.3. The van der Waals surface area contributed by atoms with Crippen LogP contribution in [0.5, 0.6) is 5.75 Å². The first kappa shape index (κ1) is 28.7. The average molecular weight is 535 g/mol. The second-order valence-corrected chi connectivity index (χ2v) is 10.3. The number of methoxy groups -OCH3 is 1. The molecule has 2 heterocycles. The van der Waals surface area contributed by atoms with E-state index in [0.717, 1.165) is 66.6 Å². The second kappa shape index (κ2) is 13.7. The van der Waals surface area contributed by atoms with E-state index in [0.29, 0.717) is 13.2 Å². The first-order valence-corrected chi connectivity index (χ1v) is 14.3. The van der Waals surface area contributed by atoms with E-state index < -0.39 is 5.92 Å². The largest absolute Gasteiger partial charge is 0.497 e. The summed E-state index contributed by atoms with van der Waals surface area (Å²) >= 11 is 0. The number of unbranched alkanes of at least 4 members (excludes halogenated alkanes) is 2. The third-order valence-electron chi connectivity index (χ3n) is 7.78. The molecule has 1 aliphatic rings. The highest BCUT2D eigenvalue weighted by Gasteiger charge is 2.48. The smallest absolute Gasteiger partial charge is 0.311 e. The quantitative estimate of drug-likeness (QED) is 0.244. The molecule has 2 aromatic carbocycles. The molecule has 0 spiro atoms. The molecule has 4 rings (SSSR count). The van der Waals surface area contributed by atoms with Gasteiger partial charge in [-0.3, -0.25) is 14.5 Å². The Balaban J connectivity index is 1.72. The van der Waals surface area contributed by atoms with Crippen LogP contribution in [-0.2, 0) is 14.3 Å². The van der Waals surface area contributed by atoms with E-state index >= 15 is 0 Å². The average Bonchev–Trinajstić information content (AvgIpc) is 3.57. The van der Waals surface area contributed by atoms with Crippen molar-refractivity contribution in [3.8, 4) is 5.75 Å². The lowest BCUT2D eigenvalue weighted by atomic mass is 9.82. The molecule has 7 heteroatoms. The van der Waals surface area contributed by atoms with Crippen LogP contribution in [0.3, 0.4) is 0 Å². The number of amides is 1. The fraction of sp³-hybridized carbons (Fsp3) is 0.500. The molecular formula is C32H42N2O5. The zero-order valence-electron chi connectivity index (χ0n) is 23.7. The molecule has 1 aliphatic heterocycles. The highest BCUT2D eigenvalue weighted by molar-refractivity contribution is 5.81. The zero-order valence-corrected chi connectivity index (χ0v) is 23.7. The van der Waals surface area contributed by atoms with E-state index in [1.54, 1.807) is 13.4 Å². The molecule has 3 aromatic rings. The molecule has 0 N–H and O–H groups in total. The number of rotatable bonds is 13. The number of carbonyl (C=O) groups is 2. The number of furan rings is 1. The molecule has 7 nitrogen and oxygen atoms in total. The summed E-state index contributed by atoms with van der Waals surface area (Å²) in [5, 5.41) is 1.02. The molecule has 1 amide bonds. The van der Waals surface area contributed by atoms with E-state index in [1.807, 2.05) is 54.3 Å².